The Morgan fingerprint density at radius 2 is 1.95 bits per heavy atom. The van der Waals surface area contributed by atoms with Gasteiger partial charge in [-0.1, -0.05) is 31.2 Å². The first-order valence-corrected chi connectivity index (χ1v) is 7.39. The normalized spacial score (nSPS) is 19.2. The van der Waals surface area contributed by atoms with Crippen molar-refractivity contribution < 1.29 is 9.50 Å². The molecule has 1 unspecified atom stereocenters. The van der Waals surface area contributed by atoms with Crippen LogP contribution < -0.4 is 4.90 Å². The van der Waals surface area contributed by atoms with E-state index in [0.29, 0.717) is 17.2 Å². The molecule has 0 saturated carbocycles. The van der Waals surface area contributed by atoms with E-state index in [1.807, 2.05) is 23.1 Å². The highest BCUT2D eigenvalue weighted by molar-refractivity contribution is 5.68. The molecule has 0 amide bonds. The molecule has 0 bridgehead atoms. The highest BCUT2D eigenvalue weighted by atomic mass is 19.1. The molecule has 110 valence electrons. The van der Waals surface area contributed by atoms with E-state index in [0.717, 1.165) is 18.7 Å². The van der Waals surface area contributed by atoms with Gasteiger partial charge in [0.05, 0.1) is 11.8 Å². The van der Waals surface area contributed by atoms with E-state index >= 15 is 0 Å². The molecule has 2 atom stereocenters. The van der Waals surface area contributed by atoms with Crippen molar-refractivity contribution in [2.24, 2.45) is 5.92 Å². The Morgan fingerprint density at radius 3 is 2.67 bits per heavy atom. The molecule has 3 heteroatoms. The highest BCUT2D eigenvalue weighted by Crippen LogP contribution is 2.37. The van der Waals surface area contributed by atoms with Gasteiger partial charge in [0, 0.05) is 12.2 Å². The number of aliphatic hydroxyl groups is 1. The lowest BCUT2D eigenvalue weighted by Crippen LogP contribution is -2.31. The molecule has 0 saturated heterocycles. The molecule has 1 aliphatic rings. The molecule has 0 spiro atoms. The maximum absolute atomic E-state index is 14.5. The molecule has 3 rings (SSSR count). The lowest BCUT2D eigenvalue weighted by Gasteiger charge is -2.35. The summed E-state index contributed by atoms with van der Waals surface area (Å²) in [7, 11) is 0. The van der Waals surface area contributed by atoms with E-state index in [9.17, 15) is 9.50 Å². The smallest absolute Gasteiger partial charge is 0.147 e. The second-order valence-electron chi connectivity index (χ2n) is 5.94. The molecular weight excluding hydrogens is 265 g/mol. The van der Waals surface area contributed by atoms with E-state index in [1.54, 1.807) is 19.1 Å². The molecule has 2 aromatic carbocycles. The van der Waals surface area contributed by atoms with Crippen molar-refractivity contribution in [2.75, 3.05) is 11.4 Å². The molecule has 0 aliphatic carbocycles. The molecule has 0 radical (unpaired) electrons. The van der Waals surface area contributed by atoms with Gasteiger partial charge in [-0.3, -0.25) is 0 Å². The van der Waals surface area contributed by atoms with Crippen molar-refractivity contribution in [3.63, 3.8) is 0 Å². The van der Waals surface area contributed by atoms with Crippen molar-refractivity contribution in [1.82, 2.24) is 0 Å². The van der Waals surface area contributed by atoms with Gasteiger partial charge in [-0.25, -0.2) is 4.39 Å². The SMILES string of the molecule is CC1Cc2ccccc2N(c2ccc([C@H](C)O)cc2F)C1. The summed E-state index contributed by atoms with van der Waals surface area (Å²) in [5, 5.41) is 9.57. The van der Waals surface area contributed by atoms with Gasteiger partial charge in [-0.05, 0) is 48.6 Å². The zero-order chi connectivity index (χ0) is 15.0. The van der Waals surface area contributed by atoms with Crippen molar-refractivity contribution in [3.8, 4) is 0 Å². The Morgan fingerprint density at radius 1 is 1.19 bits per heavy atom. The van der Waals surface area contributed by atoms with Crippen LogP contribution in [0.15, 0.2) is 42.5 Å². The third-order valence-corrected chi connectivity index (χ3v) is 4.09. The fourth-order valence-electron chi connectivity index (χ4n) is 3.03. The second kappa shape index (κ2) is 5.49. The van der Waals surface area contributed by atoms with Gasteiger partial charge < -0.3 is 10.0 Å². The Labute approximate surface area is 124 Å². The minimum Gasteiger partial charge on any atom is -0.389 e. The lowest BCUT2D eigenvalue weighted by molar-refractivity contribution is 0.199. The van der Waals surface area contributed by atoms with Crippen LogP contribution in [0.2, 0.25) is 0 Å². The summed E-state index contributed by atoms with van der Waals surface area (Å²) in [4.78, 5) is 2.05. The van der Waals surface area contributed by atoms with Crippen LogP contribution >= 0.6 is 0 Å². The first kappa shape index (κ1) is 14.1. The largest absolute Gasteiger partial charge is 0.389 e. The third kappa shape index (κ3) is 2.66. The minimum absolute atomic E-state index is 0.280. The summed E-state index contributed by atoms with van der Waals surface area (Å²) in [6, 6.07) is 13.2. The molecule has 1 N–H and O–H groups in total. The van der Waals surface area contributed by atoms with Crippen LogP contribution in [0.1, 0.15) is 31.1 Å². The zero-order valence-corrected chi connectivity index (χ0v) is 12.4. The lowest BCUT2D eigenvalue weighted by atomic mass is 9.93. The average molecular weight is 285 g/mol. The Balaban J connectivity index is 2.04. The van der Waals surface area contributed by atoms with Crippen molar-refractivity contribution in [2.45, 2.75) is 26.4 Å². The highest BCUT2D eigenvalue weighted by Gasteiger charge is 2.24. The van der Waals surface area contributed by atoms with Crippen LogP contribution in [-0.4, -0.2) is 11.7 Å². The predicted octanol–water partition coefficient (Wildman–Crippen LogP) is 4.21. The molecule has 0 aromatic heterocycles. The summed E-state index contributed by atoms with van der Waals surface area (Å²) in [5.74, 6) is 0.202. The average Bonchev–Trinajstić information content (AvgIpc) is 2.46. The number of halogens is 1. The maximum Gasteiger partial charge on any atom is 0.147 e. The summed E-state index contributed by atoms with van der Waals surface area (Å²) in [6.45, 7) is 4.64. The van der Waals surface area contributed by atoms with E-state index < -0.39 is 6.10 Å². The fraction of sp³-hybridized carbons (Fsp3) is 0.333. The molecule has 1 aliphatic heterocycles. The van der Waals surface area contributed by atoms with Gasteiger partial charge in [0.2, 0.25) is 0 Å². The van der Waals surface area contributed by atoms with Crippen molar-refractivity contribution in [3.05, 3.63) is 59.4 Å². The Kier molecular flexibility index (Phi) is 3.68. The summed E-state index contributed by atoms with van der Waals surface area (Å²) in [5.41, 5.74) is 3.53. The van der Waals surface area contributed by atoms with Gasteiger partial charge in [0.25, 0.3) is 0 Å². The minimum atomic E-state index is -0.652. The van der Waals surface area contributed by atoms with Crippen LogP contribution in [0.3, 0.4) is 0 Å². The van der Waals surface area contributed by atoms with Crippen molar-refractivity contribution in [1.29, 1.82) is 0 Å². The van der Waals surface area contributed by atoms with Gasteiger partial charge >= 0.3 is 0 Å². The second-order valence-corrected chi connectivity index (χ2v) is 5.94. The number of benzene rings is 2. The van der Waals surface area contributed by atoms with Gasteiger partial charge in [0.15, 0.2) is 0 Å². The fourth-order valence-corrected chi connectivity index (χ4v) is 3.03. The van der Waals surface area contributed by atoms with Crippen LogP contribution in [0.4, 0.5) is 15.8 Å². The molecule has 2 aromatic rings. The summed E-state index contributed by atoms with van der Waals surface area (Å²) >= 11 is 0. The summed E-state index contributed by atoms with van der Waals surface area (Å²) in [6.07, 6.45) is 0.376. The van der Waals surface area contributed by atoms with E-state index in [-0.39, 0.29) is 5.82 Å². The van der Waals surface area contributed by atoms with Crippen molar-refractivity contribution >= 4 is 11.4 Å². The Hall–Kier alpha value is -1.87. The number of fused-ring (bicyclic) bond motifs is 1. The van der Waals surface area contributed by atoms with E-state index in [4.69, 9.17) is 0 Å². The van der Waals surface area contributed by atoms with E-state index in [1.165, 1.54) is 11.6 Å². The Bertz CT molecular complexity index is 653. The first-order chi connectivity index (χ1) is 10.1. The van der Waals surface area contributed by atoms with Gasteiger partial charge in [-0.15, -0.1) is 0 Å². The zero-order valence-electron chi connectivity index (χ0n) is 12.4. The number of aliphatic hydroxyl groups excluding tert-OH is 1. The van der Waals surface area contributed by atoms with Crippen LogP contribution in [-0.2, 0) is 6.42 Å². The monoisotopic (exact) mass is 285 g/mol. The molecule has 21 heavy (non-hydrogen) atoms. The standard InChI is InChI=1S/C18H20FNO/c1-12-9-15-5-3-4-6-17(15)20(11-12)18-8-7-14(13(2)21)10-16(18)19/h3-8,10,12-13,21H,9,11H2,1-2H3/t12?,13-/m0/s1. The molecule has 1 heterocycles. The van der Waals surface area contributed by atoms with Gasteiger partial charge in [0.1, 0.15) is 5.82 Å². The number of anilines is 2. The topological polar surface area (TPSA) is 23.5 Å². The first-order valence-electron chi connectivity index (χ1n) is 7.39. The molecule has 0 fully saturated rings. The maximum atomic E-state index is 14.5. The number of para-hydroxylation sites is 1. The van der Waals surface area contributed by atoms with Crippen LogP contribution in [0.25, 0.3) is 0 Å². The molecular formula is C18H20FNO. The third-order valence-electron chi connectivity index (χ3n) is 4.09. The van der Waals surface area contributed by atoms with E-state index in [2.05, 4.69) is 13.0 Å². The predicted molar refractivity (Wildman–Crippen MR) is 83.3 cm³/mol. The number of hydrogen-bond acceptors (Lipinski definition) is 2. The van der Waals surface area contributed by atoms with Crippen LogP contribution in [0, 0.1) is 11.7 Å². The summed E-state index contributed by atoms with van der Waals surface area (Å²) < 4.78 is 14.5. The van der Waals surface area contributed by atoms with Gasteiger partial charge in [-0.2, -0.15) is 0 Å². The number of hydrogen-bond donors (Lipinski definition) is 1. The quantitative estimate of drug-likeness (QED) is 0.893. The number of nitrogens with zero attached hydrogens (tertiary/aromatic N) is 1. The molecule has 2 nitrogen and oxygen atoms in total. The number of rotatable bonds is 2. The van der Waals surface area contributed by atoms with Crippen LogP contribution in [0.5, 0.6) is 0 Å².